The molecule has 2 heteroatoms. The van der Waals surface area contributed by atoms with Crippen LogP contribution >= 0.6 is 0 Å². The molecule has 1 heterocycles. The van der Waals surface area contributed by atoms with Crippen molar-refractivity contribution in [3.05, 3.63) is 158 Å². The van der Waals surface area contributed by atoms with Crippen LogP contribution < -0.4 is 5.32 Å². The second kappa shape index (κ2) is 9.86. The highest BCUT2D eigenvalue weighted by Crippen LogP contribution is 2.43. The lowest BCUT2D eigenvalue weighted by Crippen LogP contribution is -1.92. The summed E-state index contributed by atoms with van der Waals surface area (Å²) in [6, 6.07) is 56.2. The van der Waals surface area contributed by atoms with E-state index in [0.717, 1.165) is 44.4 Å². The predicted molar refractivity (Wildman–Crippen MR) is 187 cm³/mol. The van der Waals surface area contributed by atoms with E-state index < -0.39 is 0 Å². The lowest BCUT2D eigenvalue weighted by Gasteiger charge is -2.11. The first-order valence-electron chi connectivity index (χ1n) is 15.0. The molecule has 9 rings (SSSR count). The number of hydrogen-bond donors (Lipinski definition) is 1. The van der Waals surface area contributed by atoms with Crippen LogP contribution in [0.25, 0.3) is 76.5 Å². The summed E-state index contributed by atoms with van der Waals surface area (Å²) in [5, 5.41) is 13.3. The van der Waals surface area contributed by atoms with Gasteiger partial charge in [0.05, 0.1) is 5.69 Å². The molecule has 0 fully saturated rings. The first-order valence-corrected chi connectivity index (χ1v) is 15.0. The Balaban J connectivity index is 1.15. The van der Waals surface area contributed by atoms with E-state index in [-0.39, 0.29) is 0 Å². The minimum atomic E-state index is 0.869. The number of anilines is 2. The fourth-order valence-electron chi connectivity index (χ4n) is 6.61. The molecular weight excluding hydrogens is 534 g/mol. The molecule has 0 unspecified atom stereocenters. The van der Waals surface area contributed by atoms with E-state index >= 15 is 0 Å². The summed E-state index contributed by atoms with van der Waals surface area (Å²) in [5.41, 5.74) is 8.46. The van der Waals surface area contributed by atoms with Gasteiger partial charge in [-0.3, -0.25) is 0 Å². The van der Waals surface area contributed by atoms with Crippen molar-refractivity contribution in [1.82, 2.24) is 0 Å². The van der Waals surface area contributed by atoms with Gasteiger partial charge in [-0.1, -0.05) is 127 Å². The molecule has 0 saturated carbocycles. The van der Waals surface area contributed by atoms with Crippen molar-refractivity contribution in [2.24, 2.45) is 0 Å². The monoisotopic (exact) mass is 561 g/mol. The molecule has 0 aliphatic carbocycles. The standard InChI is InChI=1S/C42H27NO/c1-2-10-28(11-3-1)37-15-8-16-38-40-36-14-7-6-13-34(36)26-39(42(40)44-41(37)38)43-35-22-21-32-24-31(19-20-33(32)25-35)30-18-17-27-9-4-5-12-29(27)23-30/h1-26,43H. The van der Waals surface area contributed by atoms with Gasteiger partial charge in [0.15, 0.2) is 5.58 Å². The van der Waals surface area contributed by atoms with Crippen molar-refractivity contribution in [2.45, 2.75) is 0 Å². The van der Waals surface area contributed by atoms with Gasteiger partial charge in [-0.2, -0.15) is 0 Å². The molecule has 9 aromatic rings. The second-order valence-electron chi connectivity index (χ2n) is 11.5. The number of nitrogens with one attached hydrogen (secondary N) is 1. The van der Waals surface area contributed by atoms with Crippen LogP contribution in [-0.2, 0) is 0 Å². The number of benzene rings is 8. The van der Waals surface area contributed by atoms with Crippen LogP contribution in [0.2, 0.25) is 0 Å². The molecule has 2 nitrogen and oxygen atoms in total. The topological polar surface area (TPSA) is 25.2 Å². The number of para-hydroxylation sites is 1. The number of hydrogen-bond acceptors (Lipinski definition) is 2. The molecule has 44 heavy (non-hydrogen) atoms. The Labute approximate surface area is 254 Å². The Morgan fingerprint density at radius 3 is 1.86 bits per heavy atom. The molecule has 1 aromatic heterocycles. The summed E-state index contributed by atoms with van der Waals surface area (Å²) >= 11 is 0. The third-order valence-electron chi connectivity index (χ3n) is 8.78. The van der Waals surface area contributed by atoms with Crippen LogP contribution in [-0.4, -0.2) is 0 Å². The van der Waals surface area contributed by atoms with E-state index in [0.29, 0.717) is 0 Å². The minimum Gasteiger partial charge on any atom is -0.453 e. The Morgan fingerprint density at radius 2 is 1.02 bits per heavy atom. The molecule has 0 radical (unpaired) electrons. The third-order valence-corrected chi connectivity index (χ3v) is 8.78. The lowest BCUT2D eigenvalue weighted by atomic mass is 9.98. The maximum Gasteiger partial charge on any atom is 0.159 e. The van der Waals surface area contributed by atoms with Gasteiger partial charge in [0, 0.05) is 22.0 Å². The smallest absolute Gasteiger partial charge is 0.159 e. The Bertz CT molecular complexity index is 2520. The van der Waals surface area contributed by atoms with E-state index in [9.17, 15) is 0 Å². The maximum atomic E-state index is 6.77. The van der Waals surface area contributed by atoms with Gasteiger partial charge in [0.25, 0.3) is 0 Å². The third kappa shape index (κ3) is 4.04. The highest BCUT2D eigenvalue weighted by molar-refractivity contribution is 6.24. The van der Waals surface area contributed by atoms with Gasteiger partial charge in [-0.05, 0) is 79.3 Å². The molecule has 0 aliphatic heterocycles. The van der Waals surface area contributed by atoms with Gasteiger partial charge in [-0.15, -0.1) is 0 Å². The predicted octanol–water partition coefficient (Wildman–Crippen LogP) is 12.1. The van der Waals surface area contributed by atoms with Crippen LogP contribution in [0.5, 0.6) is 0 Å². The normalized spacial score (nSPS) is 11.6. The fraction of sp³-hybridized carbons (Fsp3) is 0. The highest BCUT2D eigenvalue weighted by Gasteiger charge is 2.18. The molecular formula is C42H27NO. The van der Waals surface area contributed by atoms with E-state index in [1.807, 2.05) is 6.07 Å². The van der Waals surface area contributed by atoms with E-state index in [2.05, 4.69) is 157 Å². The zero-order valence-corrected chi connectivity index (χ0v) is 23.9. The molecule has 1 N–H and O–H groups in total. The van der Waals surface area contributed by atoms with Crippen molar-refractivity contribution in [1.29, 1.82) is 0 Å². The molecule has 206 valence electrons. The van der Waals surface area contributed by atoms with Crippen LogP contribution in [0.4, 0.5) is 11.4 Å². The molecule has 0 amide bonds. The van der Waals surface area contributed by atoms with Gasteiger partial charge < -0.3 is 9.73 Å². The molecule has 0 aliphatic rings. The van der Waals surface area contributed by atoms with Gasteiger partial charge >= 0.3 is 0 Å². The Morgan fingerprint density at radius 1 is 0.386 bits per heavy atom. The largest absolute Gasteiger partial charge is 0.453 e. The Kier molecular flexibility index (Phi) is 5.54. The lowest BCUT2D eigenvalue weighted by molar-refractivity contribution is 0.671. The van der Waals surface area contributed by atoms with Gasteiger partial charge in [0.1, 0.15) is 5.58 Å². The summed E-state index contributed by atoms with van der Waals surface area (Å²) < 4.78 is 6.77. The Hall–Kier alpha value is -5.86. The van der Waals surface area contributed by atoms with Crippen molar-refractivity contribution in [3.63, 3.8) is 0 Å². The van der Waals surface area contributed by atoms with E-state index in [1.165, 1.54) is 43.4 Å². The van der Waals surface area contributed by atoms with Crippen LogP contribution in [0.3, 0.4) is 0 Å². The molecule has 8 aromatic carbocycles. The first-order chi connectivity index (χ1) is 21.8. The molecule has 0 spiro atoms. The van der Waals surface area contributed by atoms with Gasteiger partial charge in [0.2, 0.25) is 0 Å². The second-order valence-corrected chi connectivity index (χ2v) is 11.5. The van der Waals surface area contributed by atoms with Crippen molar-refractivity contribution in [2.75, 3.05) is 5.32 Å². The SMILES string of the molecule is c1ccc(-c2cccc3c2oc2c(Nc4ccc5cc(-c6ccc7ccccc7c6)ccc5c4)cc4ccccc4c23)cc1. The average Bonchev–Trinajstić information content (AvgIpc) is 3.49. The number of fused-ring (bicyclic) bond motifs is 7. The summed E-state index contributed by atoms with van der Waals surface area (Å²) in [5.74, 6) is 0. The summed E-state index contributed by atoms with van der Waals surface area (Å²) in [4.78, 5) is 0. The zero-order valence-electron chi connectivity index (χ0n) is 23.9. The number of furan rings is 1. The maximum absolute atomic E-state index is 6.77. The van der Waals surface area contributed by atoms with Crippen molar-refractivity contribution in [3.8, 4) is 22.3 Å². The van der Waals surface area contributed by atoms with Crippen LogP contribution in [0.15, 0.2) is 162 Å². The molecule has 0 atom stereocenters. The molecule has 0 bridgehead atoms. The summed E-state index contributed by atoms with van der Waals surface area (Å²) in [7, 11) is 0. The van der Waals surface area contributed by atoms with Gasteiger partial charge in [-0.25, -0.2) is 0 Å². The van der Waals surface area contributed by atoms with E-state index in [1.54, 1.807) is 0 Å². The van der Waals surface area contributed by atoms with Crippen molar-refractivity contribution < 1.29 is 4.42 Å². The zero-order chi connectivity index (χ0) is 29.0. The average molecular weight is 562 g/mol. The highest BCUT2D eigenvalue weighted by atomic mass is 16.3. The molecule has 0 saturated heterocycles. The summed E-state index contributed by atoms with van der Waals surface area (Å²) in [6.45, 7) is 0. The fourth-order valence-corrected chi connectivity index (χ4v) is 6.61. The van der Waals surface area contributed by atoms with Crippen LogP contribution in [0, 0.1) is 0 Å². The quantitative estimate of drug-likeness (QED) is 0.231. The summed E-state index contributed by atoms with van der Waals surface area (Å²) in [6.07, 6.45) is 0. The first kappa shape index (κ1) is 24.7. The minimum absolute atomic E-state index is 0.869. The van der Waals surface area contributed by atoms with Crippen LogP contribution in [0.1, 0.15) is 0 Å². The van der Waals surface area contributed by atoms with Crippen molar-refractivity contribution >= 4 is 65.6 Å². The van der Waals surface area contributed by atoms with E-state index in [4.69, 9.17) is 4.42 Å². The number of rotatable bonds is 4.